The first-order chi connectivity index (χ1) is 28.1. The molecule has 57 heavy (non-hydrogen) atoms. The third-order valence-electron chi connectivity index (χ3n) is 10.7. The van der Waals surface area contributed by atoms with Crippen LogP contribution >= 0.6 is 0 Å². The second-order valence-electron chi connectivity index (χ2n) is 14.2. The molecule has 274 valence electrons. The molecule has 0 atom stereocenters. The Labute approximate surface area is 333 Å². The highest BCUT2D eigenvalue weighted by atomic mass is 15.0. The van der Waals surface area contributed by atoms with Crippen LogP contribution in [0.15, 0.2) is 199 Å². The fraction of sp³-hybridized carbons (Fsp3) is 0.0566. The number of aromatic nitrogens is 2. The van der Waals surface area contributed by atoms with Gasteiger partial charge in [0.1, 0.15) is 0 Å². The van der Waals surface area contributed by atoms with Crippen molar-refractivity contribution in [2.75, 3.05) is 0 Å². The minimum atomic E-state index is 0.546. The summed E-state index contributed by atoms with van der Waals surface area (Å²) in [5, 5.41) is 3.59. The second kappa shape index (κ2) is 15.4. The first-order valence-electron chi connectivity index (χ1n) is 19.4. The molecule has 4 nitrogen and oxygen atoms in total. The Balaban J connectivity index is 1.22. The maximum Gasteiger partial charge on any atom is 0.155 e. The van der Waals surface area contributed by atoms with Gasteiger partial charge in [-0.25, -0.2) is 4.99 Å². The predicted octanol–water partition coefficient (Wildman–Crippen LogP) is 13.5. The summed E-state index contributed by atoms with van der Waals surface area (Å²) in [5.41, 5.74) is 14.3. The van der Waals surface area contributed by atoms with Crippen molar-refractivity contribution in [3.8, 4) is 22.5 Å². The minimum Gasteiger partial charge on any atom is -0.309 e. The number of aliphatic imine (C=N–C) groups is 2. The Hall–Kier alpha value is -7.30. The molecule has 9 aromatic rings. The smallest absolute Gasteiger partial charge is 0.155 e. The third-order valence-corrected chi connectivity index (χ3v) is 10.7. The fourth-order valence-corrected chi connectivity index (χ4v) is 8.10. The van der Waals surface area contributed by atoms with Crippen LogP contribution in [0.5, 0.6) is 0 Å². The molecule has 0 saturated carbocycles. The Kier molecular flexibility index (Phi) is 9.59. The van der Waals surface area contributed by atoms with Gasteiger partial charge in [0, 0.05) is 49.9 Å². The van der Waals surface area contributed by atoms with Gasteiger partial charge in [-0.15, -0.1) is 0 Å². The van der Waals surface area contributed by atoms with Gasteiger partial charge in [0.05, 0.1) is 28.8 Å². The van der Waals surface area contributed by atoms with Crippen LogP contribution in [0.2, 0.25) is 0 Å². The zero-order valence-corrected chi connectivity index (χ0v) is 32.2. The molecule has 0 bridgehead atoms. The highest BCUT2D eigenvalue weighted by Crippen LogP contribution is 2.43. The van der Waals surface area contributed by atoms with E-state index in [2.05, 4.69) is 186 Å². The van der Waals surface area contributed by atoms with E-state index in [0.717, 1.165) is 61.6 Å². The van der Waals surface area contributed by atoms with E-state index in [4.69, 9.17) is 9.98 Å². The Bertz CT molecular complexity index is 2980. The molecule has 0 spiro atoms. The molecule has 0 amide bonds. The Morgan fingerprint density at radius 3 is 1.93 bits per heavy atom. The average Bonchev–Trinajstić information content (AvgIpc) is 3.78. The van der Waals surface area contributed by atoms with E-state index in [1.807, 2.05) is 37.3 Å². The van der Waals surface area contributed by atoms with Gasteiger partial charge in [-0.2, -0.15) is 0 Å². The lowest BCUT2D eigenvalue weighted by molar-refractivity contribution is 1.06. The van der Waals surface area contributed by atoms with Gasteiger partial charge < -0.3 is 9.13 Å². The molecular formula is C53H42N4. The molecule has 7 aromatic carbocycles. The van der Waals surface area contributed by atoms with Gasteiger partial charge in [0.25, 0.3) is 0 Å². The van der Waals surface area contributed by atoms with Crippen molar-refractivity contribution in [1.82, 2.24) is 9.13 Å². The molecule has 0 aliphatic heterocycles. The molecule has 2 aromatic heterocycles. The lowest BCUT2D eigenvalue weighted by Gasteiger charge is -2.14. The first kappa shape index (κ1) is 35.4. The van der Waals surface area contributed by atoms with Crippen LogP contribution < -0.4 is 0 Å². The number of hydrogen-bond donors (Lipinski definition) is 0. The van der Waals surface area contributed by atoms with Crippen molar-refractivity contribution in [2.45, 2.75) is 20.4 Å². The van der Waals surface area contributed by atoms with E-state index in [9.17, 15) is 0 Å². The van der Waals surface area contributed by atoms with Gasteiger partial charge in [0.2, 0.25) is 0 Å². The normalized spacial score (nSPS) is 12.3. The van der Waals surface area contributed by atoms with Crippen molar-refractivity contribution in [3.63, 3.8) is 0 Å². The number of para-hydroxylation sites is 3. The first-order valence-corrected chi connectivity index (χ1v) is 19.4. The lowest BCUT2D eigenvalue weighted by atomic mass is 9.97. The van der Waals surface area contributed by atoms with Gasteiger partial charge in [-0.1, -0.05) is 146 Å². The molecule has 0 saturated heterocycles. The summed E-state index contributed by atoms with van der Waals surface area (Å²) in [6, 6.07) is 62.1. The quantitative estimate of drug-likeness (QED) is 0.105. The highest BCUT2D eigenvalue weighted by Gasteiger charge is 2.22. The van der Waals surface area contributed by atoms with Crippen LogP contribution in [0.3, 0.4) is 0 Å². The van der Waals surface area contributed by atoms with Crippen LogP contribution in [-0.4, -0.2) is 20.7 Å². The van der Waals surface area contributed by atoms with Crippen molar-refractivity contribution in [3.05, 3.63) is 217 Å². The van der Waals surface area contributed by atoms with Gasteiger partial charge in [-0.3, -0.25) is 4.99 Å². The maximum absolute atomic E-state index is 5.10. The second-order valence-corrected chi connectivity index (χ2v) is 14.2. The number of rotatable bonds is 9. The third kappa shape index (κ3) is 6.51. The largest absolute Gasteiger partial charge is 0.309 e. The molecular weight excluding hydrogens is 693 g/mol. The van der Waals surface area contributed by atoms with Crippen LogP contribution in [0.1, 0.15) is 41.8 Å². The molecule has 0 N–H and O–H groups in total. The SMILES string of the molecule is C=Cc1c(/C=C\C)n(-c2ccccc2)c2c(-c3cccc4c3c3ccccc3n4-c3ccc(C(N=C(C)c4ccccc4)=NCc4ccccc4)cc3)cccc12. The van der Waals surface area contributed by atoms with Crippen LogP contribution in [0.25, 0.3) is 67.4 Å². The topological polar surface area (TPSA) is 34.6 Å². The van der Waals surface area contributed by atoms with E-state index in [-0.39, 0.29) is 0 Å². The van der Waals surface area contributed by atoms with Crippen molar-refractivity contribution in [1.29, 1.82) is 0 Å². The number of nitrogens with zero attached hydrogens (tertiary/aromatic N) is 4. The standard InChI is InChI=1S/C53H42N4/c1-4-19-48-43(5-2)45-28-17-29-46(52(45)57(48)41-24-13-8-14-25-41)44-27-18-31-50-51(44)47-26-15-16-30-49(47)56(50)42-34-32-40(33-35-42)53(54-36-38-20-9-6-10-21-38)55-37(3)39-22-11-7-12-23-39/h4-35H,2,36H2,1,3H3/b19-4-,54-53?,55-37?. The summed E-state index contributed by atoms with van der Waals surface area (Å²) in [7, 11) is 0. The van der Waals surface area contributed by atoms with E-state index in [1.54, 1.807) is 0 Å². The maximum atomic E-state index is 5.10. The van der Waals surface area contributed by atoms with Crippen molar-refractivity contribution in [2.24, 2.45) is 9.98 Å². The fourth-order valence-electron chi connectivity index (χ4n) is 8.10. The number of benzene rings is 7. The predicted molar refractivity (Wildman–Crippen MR) is 243 cm³/mol. The summed E-state index contributed by atoms with van der Waals surface area (Å²) in [6.45, 7) is 8.93. The summed E-state index contributed by atoms with van der Waals surface area (Å²) >= 11 is 0. The van der Waals surface area contributed by atoms with Gasteiger partial charge in [0.15, 0.2) is 5.84 Å². The number of hydrogen-bond acceptors (Lipinski definition) is 1. The molecule has 0 radical (unpaired) electrons. The van der Waals surface area contributed by atoms with Crippen molar-refractivity contribution >= 4 is 56.4 Å². The van der Waals surface area contributed by atoms with E-state index < -0.39 is 0 Å². The minimum absolute atomic E-state index is 0.546. The Morgan fingerprint density at radius 2 is 1.19 bits per heavy atom. The molecule has 0 fully saturated rings. The summed E-state index contributed by atoms with van der Waals surface area (Å²) < 4.78 is 4.77. The summed E-state index contributed by atoms with van der Waals surface area (Å²) in [4.78, 5) is 10.2. The molecule has 4 heteroatoms. The molecule has 0 unspecified atom stereocenters. The number of fused-ring (bicyclic) bond motifs is 4. The highest BCUT2D eigenvalue weighted by molar-refractivity contribution is 6.18. The molecule has 0 aliphatic carbocycles. The molecule has 2 heterocycles. The van der Waals surface area contributed by atoms with Crippen LogP contribution in [-0.2, 0) is 6.54 Å². The summed E-state index contributed by atoms with van der Waals surface area (Å²) in [5.74, 6) is 0.710. The van der Waals surface area contributed by atoms with Crippen LogP contribution in [0, 0.1) is 0 Å². The molecule has 0 aliphatic rings. The zero-order chi connectivity index (χ0) is 38.7. The van der Waals surface area contributed by atoms with Gasteiger partial charge in [-0.05, 0) is 85.1 Å². The van der Waals surface area contributed by atoms with E-state index in [0.29, 0.717) is 12.4 Å². The zero-order valence-electron chi connectivity index (χ0n) is 32.2. The molecule has 9 rings (SSSR count). The average molecular weight is 735 g/mol. The van der Waals surface area contributed by atoms with Crippen LogP contribution in [0.4, 0.5) is 0 Å². The number of amidine groups is 1. The van der Waals surface area contributed by atoms with E-state index >= 15 is 0 Å². The number of allylic oxidation sites excluding steroid dienone is 1. The Morgan fingerprint density at radius 1 is 0.579 bits per heavy atom. The monoisotopic (exact) mass is 734 g/mol. The summed E-state index contributed by atoms with van der Waals surface area (Å²) in [6.07, 6.45) is 6.29. The van der Waals surface area contributed by atoms with Gasteiger partial charge >= 0.3 is 0 Å². The lowest BCUT2D eigenvalue weighted by Crippen LogP contribution is -2.05. The van der Waals surface area contributed by atoms with E-state index in [1.165, 1.54) is 27.3 Å². The van der Waals surface area contributed by atoms with Crippen molar-refractivity contribution < 1.29 is 0 Å².